The molecule has 0 bridgehead atoms. The number of rotatable bonds is 9. The van der Waals surface area contributed by atoms with Gasteiger partial charge in [0.1, 0.15) is 12.1 Å². The van der Waals surface area contributed by atoms with Crippen molar-refractivity contribution in [1.29, 1.82) is 0 Å². The largest absolute Gasteiger partial charge is 0.480 e. The van der Waals surface area contributed by atoms with Crippen LogP contribution in [0.3, 0.4) is 0 Å². The Balaban J connectivity index is 1.61. The van der Waals surface area contributed by atoms with Crippen molar-refractivity contribution in [2.24, 2.45) is 17.3 Å². The van der Waals surface area contributed by atoms with E-state index in [2.05, 4.69) is 10.3 Å². The van der Waals surface area contributed by atoms with Crippen LogP contribution in [0.1, 0.15) is 111 Å². The minimum Gasteiger partial charge on any atom is -0.480 e. The second-order valence-electron chi connectivity index (χ2n) is 13.6. The van der Waals surface area contributed by atoms with Gasteiger partial charge in [0.05, 0.1) is 9.77 Å². The summed E-state index contributed by atoms with van der Waals surface area (Å²) in [6.45, 7) is 11.0. The molecule has 2 amide bonds. The molecule has 0 unspecified atom stereocenters. The molecule has 11 heteroatoms. The number of carboxylic acid groups (broad SMARTS) is 1. The smallest absolute Gasteiger partial charge is 0.326 e. The number of likely N-dealkylation sites (tertiary alicyclic amines) is 1. The number of aromatic nitrogens is 1. The zero-order valence-corrected chi connectivity index (χ0v) is 28.0. The van der Waals surface area contributed by atoms with Crippen molar-refractivity contribution < 1.29 is 29.1 Å². The average molecular weight is 634 g/mol. The zero-order chi connectivity index (χ0) is 31.7. The zero-order valence-electron chi connectivity index (χ0n) is 26.3. The van der Waals surface area contributed by atoms with Crippen LogP contribution in [-0.4, -0.2) is 78.6 Å². The molecule has 3 heterocycles. The molecule has 1 aliphatic carbocycles. The quantitative estimate of drug-likeness (QED) is 0.308. The van der Waals surface area contributed by atoms with E-state index in [4.69, 9.17) is 0 Å². The van der Waals surface area contributed by atoms with Crippen LogP contribution >= 0.6 is 23.5 Å². The van der Waals surface area contributed by atoms with Gasteiger partial charge < -0.3 is 20.3 Å². The monoisotopic (exact) mass is 633 g/mol. The van der Waals surface area contributed by atoms with Gasteiger partial charge >= 0.3 is 5.97 Å². The minimum absolute atomic E-state index is 0.0248. The third-order valence-corrected chi connectivity index (χ3v) is 12.7. The highest BCUT2D eigenvalue weighted by molar-refractivity contribution is 8.18. The number of hydrogen-bond acceptors (Lipinski definition) is 7. The fraction of sp³-hybridized carbons (Fsp3) is 0.719. The molecule has 4 rings (SSSR count). The van der Waals surface area contributed by atoms with E-state index in [1.807, 2.05) is 27.7 Å². The van der Waals surface area contributed by atoms with Gasteiger partial charge in [0.15, 0.2) is 11.6 Å². The van der Waals surface area contributed by atoms with Crippen molar-refractivity contribution >= 4 is 52.9 Å². The molecule has 0 aromatic carbocycles. The van der Waals surface area contributed by atoms with Gasteiger partial charge in [-0.15, -0.1) is 23.5 Å². The van der Waals surface area contributed by atoms with Crippen molar-refractivity contribution in [2.75, 3.05) is 18.1 Å². The van der Waals surface area contributed by atoms with Crippen LogP contribution in [0, 0.1) is 31.1 Å². The summed E-state index contributed by atoms with van der Waals surface area (Å²) in [6.07, 6.45) is 6.00. The summed E-state index contributed by atoms with van der Waals surface area (Å²) in [5.74, 6) is -1.09. The first kappa shape index (κ1) is 33.6. The van der Waals surface area contributed by atoms with Crippen molar-refractivity contribution in [2.45, 2.75) is 109 Å². The maximum atomic E-state index is 14.2. The molecule has 2 aliphatic heterocycles. The molecule has 1 aromatic rings. The summed E-state index contributed by atoms with van der Waals surface area (Å²) in [5, 5.41) is 13.1. The van der Waals surface area contributed by atoms with Gasteiger partial charge in [-0.25, -0.2) is 4.79 Å². The second kappa shape index (κ2) is 13.4. The SMILES string of the molecule is CC(=O)c1c(C(=O)C[C@H](C(=O)N[C@H](C(=O)N2CC3(C[C@H]2C(=O)O)SCCCS3)C(C)(C)C)C2CCCCC2)[nH]c(C)c1C. The normalized spacial score (nSPS) is 22.3. The van der Waals surface area contributed by atoms with Crippen LogP contribution in [0.15, 0.2) is 0 Å². The van der Waals surface area contributed by atoms with E-state index in [1.54, 1.807) is 30.4 Å². The molecule has 2 saturated heterocycles. The summed E-state index contributed by atoms with van der Waals surface area (Å²) in [5.41, 5.74) is 1.40. The molecule has 1 aromatic heterocycles. The molecule has 43 heavy (non-hydrogen) atoms. The van der Waals surface area contributed by atoms with Crippen LogP contribution in [0.5, 0.6) is 0 Å². The minimum atomic E-state index is -1.03. The van der Waals surface area contributed by atoms with Crippen molar-refractivity contribution in [3.05, 3.63) is 22.5 Å². The number of thioether (sulfide) groups is 2. The van der Waals surface area contributed by atoms with Gasteiger partial charge in [0.25, 0.3) is 0 Å². The van der Waals surface area contributed by atoms with Crippen molar-refractivity contribution in [3.8, 4) is 0 Å². The van der Waals surface area contributed by atoms with E-state index >= 15 is 0 Å². The number of carbonyl (C=O) groups is 5. The molecule has 0 radical (unpaired) electrons. The number of aliphatic carboxylic acids is 1. The Kier molecular flexibility index (Phi) is 10.5. The van der Waals surface area contributed by atoms with Crippen molar-refractivity contribution in [3.63, 3.8) is 0 Å². The molecule has 1 saturated carbocycles. The van der Waals surface area contributed by atoms with E-state index in [9.17, 15) is 29.1 Å². The van der Waals surface area contributed by atoms with Crippen LogP contribution in [-0.2, 0) is 14.4 Å². The van der Waals surface area contributed by atoms with Gasteiger partial charge in [0, 0.05) is 36.6 Å². The lowest BCUT2D eigenvalue weighted by Gasteiger charge is -2.37. The number of nitrogens with one attached hydrogen (secondary N) is 2. The summed E-state index contributed by atoms with van der Waals surface area (Å²) >= 11 is 3.47. The highest BCUT2D eigenvalue weighted by atomic mass is 32.2. The first-order valence-electron chi connectivity index (χ1n) is 15.5. The summed E-state index contributed by atoms with van der Waals surface area (Å²) in [7, 11) is 0. The number of hydrogen-bond donors (Lipinski definition) is 3. The highest BCUT2D eigenvalue weighted by Crippen LogP contribution is 2.50. The van der Waals surface area contributed by atoms with Crippen LogP contribution in [0.4, 0.5) is 0 Å². The topological polar surface area (TPSA) is 137 Å². The summed E-state index contributed by atoms with van der Waals surface area (Å²) < 4.78 is -0.346. The number of aryl methyl sites for hydroxylation is 1. The molecule has 3 fully saturated rings. The van der Waals surface area contributed by atoms with Gasteiger partial charge in [-0.2, -0.15) is 0 Å². The molecule has 238 valence electrons. The fourth-order valence-electron chi connectivity index (χ4n) is 6.86. The number of carboxylic acids is 1. The Morgan fingerprint density at radius 3 is 2.23 bits per heavy atom. The van der Waals surface area contributed by atoms with E-state index < -0.39 is 29.4 Å². The molecule has 3 aliphatic rings. The fourth-order valence-corrected chi connectivity index (χ4v) is 10.2. The van der Waals surface area contributed by atoms with Gasteiger partial charge in [-0.1, -0.05) is 40.0 Å². The van der Waals surface area contributed by atoms with Gasteiger partial charge in [-0.3, -0.25) is 19.2 Å². The standard InChI is InChI=1S/C32H47N3O6S2/c1-18-19(2)33-26(25(18)20(3)36)24(37)15-22(21-11-8-7-9-12-21)28(38)34-27(31(4,5)6)29(39)35-17-32(16-23(35)30(40)41)42-13-10-14-43-32/h21-23,27,33H,7-17H2,1-6H3,(H,34,38)(H,40,41)/t22-,23-,27+/m0/s1. The molecule has 3 atom stereocenters. The van der Waals surface area contributed by atoms with Crippen LogP contribution in [0.2, 0.25) is 0 Å². The predicted molar refractivity (Wildman–Crippen MR) is 171 cm³/mol. The summed E-state index contributed by atoms with van der Waals surface area (Å²) in [6, 6.07) is -1.91. The van der Waals surface area contributed by atoms with E-state index in [1.165, 1.54) is 11.8 Å². The van der Waals surface area contributed by atoms with Gasteiger partial charge in [-0.05, 0) is 68.4 Å². The molecule has 3 N–H and O–H groups in total. The Morgan fingerprint density at radius 1 is 1.05 bits per heavy atom. The Labute approximate surface area is 263 Å². The predicted octanol–water partition coefficient (Wildman–Crippen LogP) is 5.39. The molecular weight excluding hydrogens is 587 g/mol. The van der Waals surface area contributed by atoms with E-state index in [-0.39, 0.29) is 45.5 Å². The lowest BCUT2D eigenvalue weighted by atomic mass is 9.76. The second-order valence-corrected chi connectivity index (χ2v) is 16.8. The number of H-pyrrole nitrogens is 1. The third-order valence-electron chi connectivity index (χ3n) is 9.37. The average Bonchev–Trinajstić information content (AvgIpc) is 3.47. The molecule has 1 spiro atoms. The molecule has 9 nitrogen and oxygen atoms in total. The van der Waals surface area contributed by atoms with Crippen molar-refractivity contribution in [1.82, 2.24) is 15.2 Å². The highest BCUT2D eigenvalue weighted by Gasteiger charge is 2.53. The maximum Gasteiger partial charge on any atom is 0.326 e. The van der Waals surface area contributed by atoms with Crippen LogP contribution in [0.25, 0.3) is 0 Å². The number of ketones is 2. The van der Waals surface area contributed by atoms with E-state index in [0.29, 0.717) is 18.5 Å². The molecular formula is C32H47N3O6S2. The Hall–Kier alpha value is -2.27. The lowest BCUT2D eigenvalue weighted by molar-refractivity contribution is -0.151. The summed E-state index contributed by atoms with van der Waals surface area (Å²) in [4.78, 5) is 71.4. The number of Topliss-reactive ketones (excluding diaryl/α,β-unsaturated/α-hetero) is 2. The van der Waals surface area contributed by atoms with Crippen LogP contribution < -0.4 is 5.32 Å². The number of amides is 2. The Bertz CT molecular complexity index is 1260. The van der Waals surface area contributed by atoms with E-state index in [0.717, 1.165) is 61.3 Å². The first-order chi connectivity index (χ1) is 20.1. The van der Waals surface area contributed by atoms with Gasteiger partial charge in [0.2, 0.25) is 11.8 Å². The lowest BCUT2D eigenvalue weighted by Crippen LogP contribution is -2.58. The number of nitrogens with zero attached hydrogens (tertiary/aromatic N) is 1. The number of carbonyl (C=O) groups excluding carboxylic acids is 4. The third kappa shape index (κ3) is 7.35. The maximum absolute atomic E-state index is 14.2. The Morgan fingerprint density at radius 2 is 1.67 bits per heavy atom. The number of aromatic amines is 1. The first-order valence-corrected chi connectivity index (χ1v) is 17.5.